The van der Waals surface area contributed by atoms with Gasteiger partial charge in [-0.1, -0.05) is 13.0 Å². The molecule has 1 heterocycles. The highest BCUT2D eigenvalue weighted by Gasteiger charge is 2.61. The van der Waals surface area contributed by atoms with Crippen molar-refractivity contribution in [1.82, 2.24) is 0 Å². The molecule has 1 aromatic heterocycles. The summed E-state index contributed by atoms with van der Waals surface area (Å²) in [6, 6.07) is 2.20. The molecule has 2 heteroatoms. The fourth-order valence-electron chi connectivity index (χ4n) is 7.05. The molecule has 5 rings (SSSR count). The van der Waals surface area contributed by atoms with Gasteiger partial charge < -0.3 is 9.52 Å². The molecular weight excluding hydrogens is 272 g/mol. The maximum absolute atomic E-state index is 9.77. The predicted molar refractivity (Wildman–Crippen MR) is 86.3 cm³/mol. The number of aliphatic hydroxyl groups excluding tert-OH is 1. The molecule has 2 unspecified atom stereocenters. The van der Waals surface area contributed by atoms with Gasteiger partial charge in [-0.2, -0.15) is 0 Å². The minimum absolute atomic E-state index is 0.282. The molecule has 22 heavy (non-hydrogen) atoms. The molecule has 0 aromatic carbocycles. The van der Waals surface area contributed by atoms with Gasteiger partial charge in [0.05, 0.1) is 6.26 Å². The largest absolute Gasteiger partial charge is 0.465 e. The zero-order valence-electron chi connectivity index (χ0n) is 13.4. The average molecular weight is 298 g/mol. The topological polar surface area (TPSA) is 33.4 Å². The Hall–Kier alpha value is -1.02. The molecule has 2 nitrogen and oxygen atoms in total. The SMILES string of the molecule is C[C@@]12C=Cc3occc3C1CC[C@]13CC(CO)[C@H](CC[C@H]12)C3. The minimum atomic E-state index is 0.282. The first-order valence-electron chi connectivity index (χ1n) is 9.04. The Bertz CT molecular complexity index is 629. The lowest BCUT2D eigenvalue weighted by Gasteiger charge is -2.58. The minimum Gasteiger partial charge on any atom is -0.465 e. The van der Waals surface area contributed by atoms with Crippen molar-refractivity contribution in [2.24, 2.45) is 28.6 Å². The van der Waals surface area contributed by atoms with Crippen molar-refractivity contribution in [1.29, 1.82) is 0 Å². The van der Waals surface area contributed by atoms with Gasteiger partial charge in [-0.3, -0.25) is 0 Å². The molecule has 0 saturated heterocycles. The molecule has 4 aliphatic rings. The van der Waals surface area contributed by atoms with Crippen molar-refractivity contribution < 1.29 is 9.52 Å². The fourth-order valence-corrected chi connectivity index (χ4v) is 7.05. The maximum atomic E-state index is 9.77. The van der Waals surface area contributed by atoms with Crippen LogP contribution in [0.25, 0.3) is 6.08 Å². The molecule has 3 fully saturated rings. The van der Waals surface area contributed by atoms with E-state index in [0.29, 0.717) is 23.9 Å². The summed E-state index contributed by atoms with van der Waals surface area (Å²) in [5.74, 6) is 3.87. The van der Waals surface area contributed by atoms with E-state index in [0.717, 1.165) is 17.6 Å². The summed E-state index contributed by atoms with van der Waals surface area (Å²) in [4.78, 5) is 0. The van der Waals surface area contributed by atoms with E-state index in [-0.39, 0.29) is 5.41 Å². The second-order valence-electron chi connectivity index (χ2n) is 8.63. The summed E-state index contributed by atoms with van der Waals surface area (Å²) >= 11 is 0. The Morgan fingerprint density at radius 3 is 3.05 bits per heavy atom. The number of furan rings is 1. The molecule has 3 saturated carbocycles. The Balaban J connectivity index is 1.58. The van der Waals surface area contributed by atoms with Crippen molar-refractivity contribution >= 4 is 6.08 Å². The molecule has 1 spiro atoms. The second kappa shape index (κ2) is 4.29. The van der Waals surface area contributed by atoms with E-state index < -0.39 is 0 Å². The number of fused-ring (bicyclic) bond motifs is 5. The third kappa shape index (κ3) is 1.50. The highest BCUT2D eigenvalue weighted by atomic mass is 16.3. The van der Waals surface area contributed by atoms with Crippen molar-refractivity contribution in [2.45, 2.75) is 51.4 Å². The van der Waals surface area contributed by atoms with Gasteiger partial charge in [0.1, 0.15) is 5.76 Å². The van der Waals surface area contributed by atoms with E-state index in [1.165, 1.54) is 44.1 Å². The lowest BCUT2D eigenvalue weighted by atomic mass is 9.46. The zero-order chi connectivity index (χ0) is 14.9. The van der Waals surface area contributed by atoms with Crippen molar-refractivity contribution in [3.05, 3.63) is 29.7 Å². The summed E-state index contributed by atoms with van der Waals surface area (Å²) < 4.78 is 5.66. The second-order valence-corrected chi connectivity index (χ2v) is 8.63. The van der Waals surface area contributed by atoms with Crippen LogP contribution >= 0.6 is 0 Å². The van der Waals surface area contributed by atoms with Gasteiger partial charge in [0.15, 0.2) is 0 Å². The molecule has 2 bridgehead atoms. The van der Waals surface area contributed by atoms with Crippen LogP contribution in [0.4, 0.5) is 0 Å². The van der Waals surface area contributed by atoms with Crippen LogP contribution in [-0.2, 0) is 0 Å². The van der Waals surface area contributed by atoms with Gasteiger partial charge >= 0.3 is 0 Å². The number of aliphatic hydroxyl groups is 1. The van der Waals surface area contributed by atoms with Gasteiger partial charge in [0.25, 0.3) is 0 Å². The lowest BCUT2D eigenvalue weighted by Crippen LogP contribution is -2.49. The van der Waals surface area contributed by atoms with Crippen LogP contribution in [0.5, 0.6) is 0 Å². The molecule has 118 valence electrons. The summed E-state index contributed by atoms with van der Waals surface area (Å²) in [6.07, 6.45) is 14.5. The first-order valence-corrected chi connectivity index (χ1v) is 9.04. The molecule has 0 aliphatic heterocycles. The quantitative estimate of drug-likeness (QED) is 0.821. The van der Waals surface area contributed by atoms with Crippen LogP contribution < -0.4 is 0 Å². The maximum Gasteiger partial charge on any atom is 0.129 e. The van der Waals surface area contributed by atoms with E-state index in [4.69, 9.17) is 4.42 Å². The molecular formula is C20H26O2. The number of allylic oxidation sites excluding steroid dienone is 1. The van der Waals surface area contributed by atoms with Crippen LogP contribution in [0.1, 0.15) is 62.7 Å². The number of hydrogen-bond donors (Lipinski definition) is 1. The molecule has 4 aliphatic carbocycles. The Morgan fingerprint density at radius 1 is 1.27 bits per heavy atom. The summed E-state index contributed by atoms with van der Waals surface area (Å²) in [6.45, 7) is 2.91. The van der Waals surface area contributed by atoms with E-state index in [9.17, 15) is 5.11 Å². The van der Waals surface area contributed by atoms with E-state index in [1.54, 1.807) is 0 Å². The third-order valence-electron chi connectivity index (χ3n) is 7.93. The van der Waals surface area contributed by atoms with Crippen molar-refractivity contribution in [3.8, 4) is 0 Å². The molecule has 0 radical (unpaired) electrons. The van der Waals surface area contributed by atoms with Crippen LogP contribution in [-0.4, -0.2) is 11.7 Å². The van der Waals surface area contributed by atoms with Gasteiger partial charge in [-0.25, -0.2) is 0 Å². The highest BCUT2D eigenvalue weighted by molar-refractivity contribution is 5.55. The monoisotopic (exact) mass is 298 g/mol. The van der Waals surface area contributed by atoms with Gasteiger partial charge in [-0.15, -0.1) is 0 Å². The molecule has 0 amide bonds. The van der Waals surface area contributed by atoms with Crippen LogP contribution in [0.3, 0.4) is 0 Å². The van der Waals surface area contributed by atoms with Crippen LogP contribution in [0.2, 0.25) is 0 Å². The normalized spacial score (nSPS) is 48.6. The molecule has 1 aromatic rings. The van der Waals surface area contributed by atoms with Crippen molar-refractivity contribution in [3.63, 3.8) is 0 Å². The Labute approximate surface area is 132 Å². The van der Waals surface area contributed by atoms with Gasteiger partial charge in [0.2, 0.25) is 0 Å². The van der Waals surface area contributed by atoms with E-state index in [2.05, 4.69) is 25.1 Å². The Morgan fingerprint density at radius 2 is 2.18 bits per heavy atom. The smallest absolute Gasteiger partial charge is 0.129 e. The summed E-state index contributed by atoms with van der Waals surface area (Å²) in [7, 11) is 0. The molecule has 6 atom stereocenters. The molecule has 1 N–H and O–H groups in total. The predicted octanol–water partition coefficient (Wildman–Crippen LogP) is 4.61. The average Bonchev–Trinajstić information content (AvgIpc) is 3.09. The Kier molecular flexibility index (Phi) is 2.61. The lowest BCUT2D eigenvalue weighted by molar-refractivity contribution is -0.0334. The highest BCUT2D eigenvalue weighted by Crippen LogP contribution is 2.70. The van der Waals surface area contributed by atoms with Crippen LogP contribution in [0, 0.1) is 28.6 Å². The standard InChI is InChI=1S/C20H26O2/c1-19-7-5-17-15(6-9-22-17)16(19)4-8-20-10-13(2-3-18(19)20)14(11-20)12-21/h5-7,9,13-14,16,18,21H,2-4,8,10-12H2,1H3/t13-,14?,16?,18+,19-,20+/m1/s1. The third-order valence-corrected chi connectivity index (χ3v) is 7.93. The van der Waals surface area contributed by atoms with E-state index >= 15 is 0 Å². The van der Waals surface area contributed by atoms with Crippen molar-refractivity contribution in [2.75, 3.05) is 6.61 Å². The van der Waals surface area contributed by atoms with Crippen LogP contribution in [0.15, 0.2) is 22.8 Å². The summed E-state index contributed by atoms with van der Waals surface area (Å²) in [5.41, 5.74) is 2.23. The number of hydrogen-bond acceptors (Lipinski definition) is 2. The number of rotatable bonds is 1. The van der Waals surface area contributed by atoms with E-state index in [1.807, 2.05) is 6.26 Å². The fraction of sp³-hybridized carbons (Fsp3) is 0.700. The van der Waals surface area contributed by atoms with Gasteiger partial charge in [-0.05, 0) is 85.2 Å². The first-order chi connectivity index (χ1) is 10.7. The zero-order valence-corrected chi connectivity index (χ0v) is 13.4. The summed E-state index contributed by atoms with van der Waals surface area (Å²) in [5, 5.41) is 9.77. The first kappa shape index (κ1) is 13.4. The van der Waals surface area contributed by atoms with Gasteiger partial charge in [0, 0.05) is 12.2 Å².